The first-order valence-electron chi connectivity index (χ1n) is 11.0. The summed E-state index contributed by atoms with van der Waals surface area (Å²) in [7, 11) is 0. The van der Waals surface area contributed by atoms with Crippen molar-refractivity contribution in [1.82, 2.24) is 10.2 Å². The van der Waals surface area contributed by atoms with E-state index in [4.69, 9.17) is 9.98 Å². The van der Waals surface area contributed by atoms with Crippen LogP contribution in [-0.4, -0.2) is 45.6 Å². The van der Waals surface area contributed by atoms with Crippen LogP contribution >= 0.6 is 11.8 Å². The number of hydrogen-bond donors (Lipinski definition) is 1. The van der Waals surface area contributed by atoms with Crippen LogP contribution in [0.15, 0.2) is 64.6 Å². The SMILES string of the molecule is CC(C)C[C@H]1N=C2c3ccccc3N=C(S[C@@H](C)C(=O)NCCc3ccccc3)N2C1=O. The van der Waals surface area contributed by atoms with Gasteiger partial charge in [-0.2, -0.15) is 0 Å². The number of thioether (sulfide) groups is 1. The summed E-state index contributed by atoms with van der Waals surface area (Å²) in [5.74, 6) is 0.861. The fourth-order valence-corrected chi connectivity index (χ4v) is 4.75. The topological polar surface area (TPSA) is 74.1 Å². The molecule has 7 heteroatoms. The summed E-state index contributed by atoms with van der Waals surface area (Å²) >= 11 is 1.30. The largest absolute Gasteiger partial charge is 0.355 e. The van der Waals surface area contributed by atoms with Gasteiger partial charge in [-0.05, 0) is 43.4 Å². The van der Waals surface area contributed by atoms with Gasteiger partial charge in [0, 0.05) is 12.1 Å². The average molecular weight is 449 g/mol. The second-order valence-corrected chi connectivity index (χ2v) is 9.78. The third kappa shape index (κ3) is 4.78. The van der Waals surface area contributed by atoms with Gasteiger partial charge < -0.3 is 5.32 Å². The number of nitrogens with one attached hydrogen (secondary N) is 1. The number of para-hydroxylation sites is 1. The minimum atomic E-state index is -0.406. The summed E-state index contributed by atoms with van der Waals surface area (Å²) in [4.78, 5) is 37.0. The number of aliphatic imine (C=N–C) groups is 2. The lowest BCUT2D eigenvalue weighted by atomic mass is 10.0. The fraction of sp³-hybridized carbons (Fsp3) is 0.360. The quantitative estimate of drug-likeness (QED) is 0.691. The van der Waals surface area contributed by atoms with E-state index in [-0.39, 0.29) is 11.8 Å². The number of hydrogen-bond acceptors (Lipinski definition) is 5. The van der Waals surface area contributed by atoms with Crippen LogP contribution in [0.1, 0.15) is 38.3 Å². The van der Waals surface area contributed by atoms with Gasteiger partial charge in [-0.3, -0.25) is 14.6 Å². The van der Waals surface area contributed by atoms with Crippen LogP contribution in [0.4, 0.5) is 5.69 Å². The highest BCUT2D eigenvalue weighted by atomic mass is 32.2. The second kappa shape index (κ2) is 9.69. The Kier molecular flexibility index (Phi) is 6.74. The van der Waals surface area contributed by atoms with Crippen molar-refractivity contribution in [2.75, 3.05) is 6.54 Å². The summed E-state index contributed by atoms with van der Waals surface area (Å²) in [5.41, 5.74) is 2.82. The molecule has 2 aliphatic heterocycles. The Hall–Kier alpha value is -2.93. The van der Waals surface area contributed by atoms with Crippen LogP contribution in [0, 0.1) is 5.92 Å². The Morgan fingerprint density at radius 1 is 1.09 bits per heavy atom. The van der Waals surface area contributed by atoms with Crippen molar-refractivity contribution in [1.29, 1.82) is 0 Å². The zero-order valence-electron chi connectivity index (χ0n) is 18.6. The number of amides is 2. The van der Waals surface area contributed by atoms with Crippen LogP contribution in [0.3, 0.4) is 0 Å². The summed E-state index contributed by atoms with van der Waals surface area (Å²) in [6.07, 6.45) is 1.46. The Morgan fingerprint density at radius 2 is 1.81 bits per heavy atom. The van der Waals surface area contributed by atoms with Gasteiger partial charge in [0.25, 0.3) is 5.91 Å². The van der Waals surface area contributed by atoms with E-state index in [0.717, 1.165) is 17.7 Å². The molecule has 2 heterocycles. The minimum absolute atomic E-state index is 0.0638. The van der Waals surface area contributed by atoms with Gasteiger partial charge in [0.05, 0.1) is 10.9 Å². The molecule has 0 radical (unpaired) electrons. The van der Waals surface area contributed by atoms with Gasteiger partial charge in [-0.15, -0.1) is 0 Å². The molecule has 6 nitrogen and oxygen atoms in total. The predicted octanol–water partition coefficient (Wildman–Crippen LogP) is 4.17. The Balaban J connectivity index is 1.47. The number of benzene rings is 2. The molecule has 0 bridgehead atoms. The second-order valence-electron chi connectivity index (χ2n) is 8.47. The Bertz CT molecular complexity index is 1060. The summed E-state index contributed by atoms with van der Waals surface area (Å²) < 4.78 is 0. The van der Waals surface area contributed by atoms with E-state index in [0.29, 0.717) is 29.9 Å². The maximum Gasteiger partial charge on any atom is 0.259 e. The number of fused-ring (bicyclic) bond motifs is 3. The Morgan fingerprint density at radius 3 is 2.56 bits per heavy atom. The normalized spacial score (nSPS) is 18.1. The Labute approximate surface area is 193 Å². The molecule has 2 aromatic rings. The van der Waals surface area contributed by atoms with Crippen LogP contribution in [0.25, 0.3) is 0 Å². The molecule has 2 atom stereocenters. The van der Waals surface area contributed by atoms with Crippen LogP contribution in [-0.2, 0) is 16.0 Å². The molecule has 2 amide bonds. The molecule has 1 N–H and O–H groups in total. The van der Waals surface area contributed by atoms with Gasteiger partial charge in [-0.25, -0.2) is 9.89 Å². The molecule has 32 heavy (non-hydrogen) atoms. The highest BCUT2D eigenvalue weighted by Crippen LogP contribution is 2.35. The van der Waals surface area contributed by atoms with Crippen LogP contribution < -0.4 is 5.32 Å². The maximum atomic E-state index is 13.2. The first-order valence-corrected chi connectivity index (χ1v) is 11.9. The molecule has 0 spiro atoms. The fourth-order valence-electron chi connectivity index (χ4n) is 3.81. The van der Waals surface area contributed by atoms with Crippen molar-refractivity contribution >= 4 is 40.3 Å². The van der Waals surface area contributed by atoms with E-state index < -0.39 is 11.3 Å². The number of rotatable bonds is 7. The molecule has 0 fully saturated rings. The van der Waals surface area contributed by atoms with Crippen molar-refractivity contribution in [2.24, 2.45) is 15.9 Å². The molecule has 166 valence electrons. The zero-order valence-corrected chi connectivity index (χ0v) is 19.4. The molecule has 0 aliphatic carbocycles. The molecular formula is C25H28N4O2S. The van der Waals surface area contributed by atoms with Crippen LogP contribution in [0.2, 0.25) is 0 Å². The molecule has 2 aliphatic rings. The number of carbonyl (C=O) groups is 2. The van der Waals surface area contributed by atoms with Crippen molar-refractivity contribution in [2.45, 2.75) is 44.9 Å². The summed E-state index contributed by atoms with van der Waals surface area (Å²) in [6.45, 7) is 6.58. The summed E-state index contributed by atoms with van der Waals surface area (Å²) in [6, 6.07) is 17.4. The highest BCUT2D eigenvalue weighted by molar-refractivity contribution is 8.15. The lowest BCUT2D eigenvalue weighted by Gasteiger charge is -2.27. The first-order chi connectivity index (χ1) is 15.4. The van der Waals surface area contributed by atoms with Gasteiger partial charge in [0.1, 0.15) is 11.9 Å². The molecule has 0 saturated heterocycles. The maximum absolute atomic E-state index is 13.2. The minimum Gasteiger partial charge on any atom is -0.355 e. The van der Waals surface area contributed by atoms with Gasteiger partial charge >= 0.3 is 0 Å². The molecule has 2 aromatic carbocycles. The van der Waals surface area contributed by atoms with Crippen molar-refractivity contribution in [3.05, 3.63) is 65.7 Å². The van der Waals surface area contributed by atoms with Crippen molar-refractivity contribution < 1.29 is 9.59 Å². The third-order valence-electron chi connectivity index (χ3n) is 5.45. The molecule has 0 aromatic heterocycles. The molecular weight excluding hydrogens is 420 g/mol. The standard InChI is InChI=1S/C25H28N4O2S/c1-16(2)15-21-24(31)29-22(27-21)19-11-7-8-12-20(19)28-25(29)32-17(3)23(30)26-14-13-18-9-5-4-6-10-18/h4-12,16-17,21H,13-15H2,1-3H3,(H,26,30)/t17-,21+/m0/s1. The lowest BCUT2D eigenvalue weighted by molar-refractivity contribution is -0.125. The number of nitrogens with zero attached hydrogens (tertiary/aromatic N) is 3. The van der Waals surface area contributed by atoms with Gasteiger partial charge in [0.2, 0.25) is 5.91 Å². The average Bonchev–Trinajstić information content (AvgIpc) is 3.10. The molecule has 0 saturated carbocycles. The van der Waals surface area contributed by atoms with Crippen molar-refractivity contribution in [3.63, 3.8) is 0 Å². The molecule has 4 rings (SSSR count). The van der Waals surface area contributed by atoms with Crippen LogP contribution in [0.5, 0.6) is 0 Å². The lowest BCUT2D eigenvalue weighted by Crippen LogP contribution is -2.43. The molecule has 0 unspecified atom stereocenters. The monoisotopic (exact) mass is 448 g/mol. The predicted molar refractivity (Wildman–Crippen MR) is 130 cm³/mol. The zero-order chi connectivity index (χ0) is 22.7. The smallest absolute Gasteiger partial charge is 0.259 e. The van der Waals surface area contributed by atoms with Gasteiger partial charge in [-0.1, -0.05) is 68.1 Å². The van der Waals surface area contributed by atoms with E-state index in [2.05, 4.69) is 19.2 Å². The first kappa shape index (κ1) is 22.3. The highest BCUT2D eigenvalue weighted by Gasteiger charge is 2.42. The van der Waals surface area contributed by atoms with Crippen molar-refractivity contribution in [3.8, 4) is 0 Å². The van der Waals surface area contributed by atoms with Gasteiger partial charge in [0.15, 0.2) is 5.17 Å². The number of amidine groups is 2. The van der Waals surface area contributed by atoms with E-state index >= 15 is 0 Å². The van der Waals surface area contributed by atoms with E-state index in [9.17, 15) is 9.59 Å². The van der Waals surface area contributed by atoms with E-state index in [1.165, 1.54) is 17.3 Å². The third-order valence-corrected chi connectivity index (χ3v) is 6.50. The van der Waals surface area contributed by atoms with E-state index in [1.54, 1.807) is 4.90 Å². The number of carbonyl (C=O) groups excluding carboxylic acids is 2. The van der Waals surface area contributed by atoms with E-state index in [1.807, 2.05) is 61.5 Å². The summed E-state index contributed by atoms with van der Waals surface area (Å²) in [5, 5.41) is 3.12.